The molecule has 0 aliphatic heterocycles. The van der Waals surface area contributed by atoms with E-state index in [9.17, 15) is 13.2 Å². The lowest BCUT2D eigenvalue weighted by molar-refractivity contribution is -0.117. The maximum absolute atomic E-state index is 12.2. The first-order valence-corrected chi connectivity index (χ1v) is 9.47. The minimum Gasteiger partial charge on any atom is -0.325 e. The van der Waals surface area contributed by atoms with E-state index in [1.807, 2.05) is 43.1 Å². The van der Waals surface area contributed by atoms with Crippen molar-refractivity contribution in [2.75, 3.05) is 18.9 Å². The molecule has 1 unspecified atom stereocenters. The van der Waals surface area contributed by atoms with Gasteiger partial charge in [0, 0.05) is 16.8 Å². The van der Waals surface area contributed by atoms with Gasteiger partial charge in [0.05, 0.1) is 11.4 Å². The number of nitrogens with two attached hydrogens (primary N) is 1. The lowest BCUT2D eigenvalue weighted by atomic mass is 10.1. The number of benzene rings is 2. The highest BCUT2D eigenvalue weighted by atomic mass is 35.5. The fraction of sp³-hybridized carbons (Fsp3) is 0.235. The van der Waals surface area contributed by atoms with Crippen LogP contribution < -0.4 is 10.5 Å². The molecular formula is C17H20ClN3O3S. The van der Waals surface area contributed by atoms with E-state index in [-0.39, 0.29) is 23.4 Å². The van der Waals surface area contributed by atoms with Crippen LogP contribution in [0.5, 0.6) is 0 Å². The SMILES string of the molecule is CC(c1ccc(Cl)cc1)N(C)CC(=O)Nc1ccc(S(N)(=O)=O)cc1. The molecule has 2 rings (SSSR count). The molecule has 8 heteroatoms. The van der Waals surface area contributed by atoms with Crippen LogP contribution in [0.3, 0.4) is 0 Å². The van der Waals surface area contributed by atoms with Gasteiger partial charge in [0.1, 0.15) is 0 Å². The van der Waals surface area contributed by atoms with E-state index in [0.717, 1.165) is 5.56 Å². The first-order valence-electron chi connectivity index (χ1n) is 7.55. The molecule has 25 heavy (non-hydrogen) atoms. The Morgan fingerprint density at radius 2 is 1.72 bits per heavy atom. The Kier molecular flexibility index (Phi) is 6.18. The molecule has 3 N–H and O–H groups in total. The Labute approximate surface area is 152 Å². The summed E-state index contributed by atoms with van der Waals surface area (Å²) in [6, 6.07) is 13.2. The van der Waals surface area contributed by atoms with E-state index in [0.29, 0.717) is 10.7 Å². The van der Waals surface area contributed by atoms with Crippen molar-refractivity contribution in [2.45, 2.75) is 17.9 Å². The number of hydrogen-bond donors (Lipinski definition) is 2. The predicted molar refractivity (Wildman–Crippen MR) is 98.9 cm³/mol. The average Bonchev–Trinajstić information content (AvgIpc) is 2.54. The topological polar surface area (TPSA) is 92.5 Å². The molecular weight excluding hydrogens is 362 g/mol. The number of amides is 1. The molecule has 2 aromatic carbocycles. The molecule has 134 valence electrons. The third-order valence-corrected chi connectivity index (χ3v) is 5.05. The largest absolute Gasteiger partial charge is 0.325 e. The summed E-state index contributed by atoms with van der Waals surface area (Å²) in [7, 11) is -1.89. The normalized spacial score (nSPS) is 12.8. The van der Waals surface area contributed by atoms with Gasteiger partial charge in [-0.05, 0) is 55.9 Å². The molecule has 0 spiro atoms. The van der Waals surface area contributed by atoms with Crippen LogP contribution in [0.2, 0.25) is 5.02 Å². The summed E-state index contributed by atoms with van der Waals surface area (Å²) in [5, 5.41) is 8.44. The zero-order chi connectivity index (χ0) is 18.6. The van der Waals surface area contributed by atoms with Crippen molar-refractivity contribution in [3.63, 3.8) is 0 Å². The van der Waals surface area contributed by atoms with Gasteiger partial charge in [0.2, 0.25) is 15.9 Å². The van der Waals surface area contributed by atoms with Gasteiger partial charge in [-0.3, -0.25) is 9.69 Å². The number of halogens is 1. The Hall–Kier alpha value is -1.93. The highest BCUT2D eigenvalue weighted by Gasteiger charge is 2.15. The van der Waals surface area contributed by atoms with Crippen molar-refractivity contribution < 1.29 is 13.2 Å². The summed E-state index contributed by atoms with van der Waals surface area (Å²) in [5.41, 5.74) is 1.56. The van der Waals surface area contributed by atoms with Gasteiger partial charge in [-0.2, -0.15) is 0 Å². The summed E-state index contributed by atoms with van der Waals surface area (Å²) in [4.78, 5) is 14.1. The van der Waals surface area contributed by atoms with Crippen LogP contribution in [0, 0.1) is 0 Å². The van der Waals surface area contributed by atoms with Gasteiger partial charge in [0.15, 0.2) is 0 Å². The van der Waals surface area contributed by atoms with Crippen LogP contribution in [0.4, 0.5) is 5.69 Å². The fourth-order valence-corrected chi connectivity index (χ4v) is 2.93. The summed E-state index contributed by atoms with van der Waals surface area (Å²) >= 11 is 5.89. The molecule has 0 heterocycles. The Morgan fingerprint density at radius 1 is 1.16 bits per heavy atom. The van der Waals surface area contributed by atoms with Crippen LogP contribution in [0.25, 0.3) is 0 Å². The molecule has 0 bridgehead atoms. The van der Waals surface area contributed by atoms with Gasteiger partial charge in [-0.15, -0.1) is 0 Å². The van der Waals surface area contributed by atoms with E-state index in [1.54, 1.807) is 0 Å². The average molecular weight is 382 g/mol. The van der Waals surface area contributed by atoms with E-state index in [1.165, 1.54) is 24.3 Å². The lowest BCUT2D eigenvalue weighted by Gasteiger charge is -2.24. The molecule has 0 aromatic heterocycles. The number of rotatable bonds is 6. The molecule has 6 nitrogen and oxygen atoms in total. The zero-order valence-electron chi connectivity index (χ0n) is 13.9. The predicted octanol–water partition coefficient (Wildman–Crippen LogP) is 2.62. The molecule has 1 atom stereocenters. The number of nitrogens with zero attached hydrogens (tertiary/aromatic N) is 1. The van der Waals surface area contributed by atoms with Crippen LogP contribution >= 0.6 is 11.6 Å². The Balaban J connectivity index is 1.96. The maximum Gasteiger partial charge on any atom is 0.238 e. The quantitative estimate of drug-likeness (QED) is 0.804. The van der Waals surface area contributed by atoms with Gasteiger partial charge in [-0.1, -0.05) is 23.7 Å². The lowest BCUT2D eigenvalue weighted by Crippen LogP contribution is -2.32. The summed E-state index contributed by atoms with van der Waals surface area (Å²) in [5.74, 6) is -0.202. The van der Waals surface area contributed by atoms with Crippen LogP contribution in [0.1, 0.15) is 18.5 Å². The molecule has 0 radical (unpaired) electrons. The minimum absolute atomic E-state index is 0.000947. The zero-order valence-corrected chi connectivity index (χ0v) is 15.5. The first kappa shape index (κ1) is 19.4. The number of likely N-dealkylation sites (N-methyl/N-ethyl adjacent to an activating group) is 1. The molecule has 0 aliphatic carbocycles. The van der Waals surface area contributed by atoms with Crippen molar-refractivity contribution in [2.24, 2.45) is 5.14 Å². The highest BCUT2D eigenvalue weighted by molar-refractivity contribution is 7.89. The third-order valence-electron chi connectivity index (χ3n) is 3.87. The van der Waals surface area contributed by atoms with Crippen LogP contribution in [-0.4, -0.2) is 32.8 Å². The van der Waals surface area contributed by atoms with E-state index in [4.69, 9.17) is 16.7 Å². The molecule has 1 amide bonds. The second-order valence-corrected chi connectivity index (χ2v) is 7.76. The molecule has 0 aliphatic rings. The number of hydrogen-bond acceptors (Lipinski definition) is 4. The van der Waals surface area contributed by atoms with E-state index < -0.39 is 10.0 Å². The second kappa shape index (κ2) is 7.97. The standard InChI is InChI=1S/C17H20ClN3O3S/c1-12(13-3-5-14(18)6-4-13)21(2)11-17(22)20-15-7-9-16(10-8-15)25(19,23)24/h3-10,12H,11H2,1-2H3,(H,20,22)(H2,19,23,24). The smallest absolute Gasteiger partial charge is 0.238 e. The van der Waals surface area contributed by atoms with Gasteiger partial charge in [-0.25, -0.2) is 13.6 Å². The van der Waals surface area contributed by atoms with Gasteiger partial charge >= 0.3 is 0 Å². The Bertz CT molecular complexity index is 836. The van der Waals surface area contributed by atoms with Crippen LogP contribution in [0.15, 0.2) is 53.4 Å². The van der Waals surface area contributed by atoms with Gasteiger partial charge < -0.3 is 5.32 Å². The number of sulfonamides is 1. The van der Waals surface area contributed by atoms with Crippen molar-refractivity contribution >= 4 is 33.2 Å². The summed E-state index contributed by atoms with van der Waals surface area (Å²) in [6.07, 6.45) is 0. The highest BCUT2D eigenvalue weighted by Crippen LogP contribution is 2.20. The first-order chi connectivity index (χ1) is 11.7. The Morgan fingerprint density at radius 3 is 2.24 bits per heavy atom. The maximum atomic E-state index is 12.2. The number of anilines is 1. The molecule has 0 saturated carbocycles. The number of primary sulfonamides is 1. The number of nitrogens with one attached hydrogen (secondary N) is 1. The van der Waals surface area contributed by atoms with Crippen molar-refractivity contribution in [1.82, 2.24) is 4.90 Å². The fourth-order valence-electron chi connectivity index (χ4n) is 2.29. The number of carbonyl (C=O) groups is 1. The summed E-state index contributed by atoms with van der Waals surface area (Å²) in [6.45, 7) is 2.18. The van der Waals surface area contributed by atoms with E-state index >= 15 is 0 Å². The summed E-state index contributed by atoms with van der Waals surface area (Å²) < 4.78 is 22.4. The second-order valence-electron chi connectivity index (χ2n) is 5.76. The van der Waals surface area contributed by atoms with Crippen LogP contribution in [-0.2, 0) is 14.8 Å². The molecule has 0 fully saturated rings. The van der Waals surface area contributed by atoms with Crippen molar-refractivity contribution in [3.8, 4) is 0 Å². The third kappa shape index (κ3) is 5.54. The molecule has 2 aromatic rings. The van der Waals surface area contributed by atoms with Crippen molar-refractivity contribution in [1.29, 1.82) is 0 Å². The van der Waals surface area contributed by atoms with Gasteiger partial charge in [0.25, 0.3) is 0 Å². The molecule has 0 saturated heterocycles. The monoisotopic (exact) mass is 381 g/mol. The minimum atomic E-state index is -3.74. The number of carbonyl (C=O) groups excluding carboxylic acids is 1. The van der Waals surface area contributed by atoms with E-state index in [2.05, 4.69) is 5.32 Å². The van der Waals surface area contributed by atoms with Crippen molar-refractivity contribution in [3.05, 3.63) is 59.1 Å².